The number of aliphatic hydroxyl groups excluding tert-OH is 1. The monoisotopic (exact) mass is 364 g/mol. The molecule has 1 aliphatic heterocycles. The predicted octanol–water partition coefficient (Wildman–Crippen LogP) is 2.48. The van der Waals surface area contributed by atoms with Gasteiger partial charge in [-0.05, 0) is 26.3 Å². The minimum Gasteiger partial charge on any atom is -0.445 e. The molecule has 1 aliphatic rings. The molecule has 144 valence electrons. The quantitative estimate of drug-likeness (QED) is 0.891. The molecular weight excluding hydrogens is 336 g/mol. The molecule has 0 spiro atoms. The second-order valence-electron chi connectivity index (χ2n) is 7.46. The van der Waals surface area contributed by atoms with E-state index in [1.165, 1.54) is 9.80 Å². The number of hydrogen-bond donors (Lipinski definition) is 1. The SMILES string of the molecule is CC(C)(C)OC(=O)N1CCN(C(=O)OCc2ccccc2)CC(CO)C1. The van der Waals surface area contributed by atoms with Crippen molar-refractivity contribution >= 4 is 12.2 Å². The van der Waals surface area contributed by atoms with Gasteiger partial charge in [0.15, 0.2) is 0 Å². The van der Waals surface area contributed by atoms with Crippen LogP contribution in [0.15, 0.2) is 30.3 Å². The van der Waals surface area contributed by atoms with Crippen molar-refractivity contribution in [2.75, 3.05) is 32.8 Å². The fraction of sp³-hybridized carbons (Fsp3) is 0.579. The van der Waals surface area contributed by atoms with Crippen molar-refractivity contribution in [3.63, 3.8) is 0 Å². The van der Waals surface area contributed by atoms with Gasteiger partial charge < -0.3 is 24.4 Å². The molecule has 7 heteroatoms. The van der Waals surface area contributed by atoms with Gasteiger partial charge in [0.1, 0.15) is 12.2 Å². The first-order chi connectivity index (χ1) is 12.3. The molecule has 1 saturated heterocycles. The fourth-order valence-corrected chi connectivity index (χ4v) is 2.69. The Kier molecular flexibility index (Phi) is 6.85. The zero-order valence-electron chi connectivity index (χ0n) is 15.7. The largest absolute Gasteiger partial charge is 0.445 e. The van der Waals surface area contributed by atoms with E-state index in [0.717, 1.165) is 5.56 Å². The summed E-state index contributed by atoms with van der Waals surface area (Å²) in [6.07, 6.45) is -0.881. The van der Waals surface area contributed by atoms with Crippen LogP contribution in [-0.2, 0) is 16.1 Å². The fourth-order valence-electron chi connectivity index (χ4n) is 2.69. The Hall–Kier alpha value is -2.28. The highest BCUT2D eigenvalue weighted by atomic mass is 16.6. The Morgan fingerprint density at radius 1 is 1.08 bits per heavy atom. The summed E-state index contributed by atoms with van der Waals surface area (Å²) in [4.78, 5) is 27.8. The second kappa shape index (κ2) is 8.89. The van der Waals surface area contributed by atoms with Crippen LogP contribution in [0.5, 0.6) is 0 Å². The molecular formula is C19H28N2O5. The van der Waals surface area contributed by atoms with Crippen molar-refractivity contribution in [1.82, 2.24) is 9.80 Å². The smallest absolute Gasteiger partial charge is 0.410 e. The molecule has 1 atom stereocenters. The number of amides is 2. The number of carbonyl (C=O) groups is 2. The first-order valence-corrected chi connectivity index (χ1v) is 8.83. The average molecular weight is 364 g/mol. The van der Waals surface area contributed by atoms with E-state index >= 15 is 0 Å². The summed E-state index contributed by atoms with van der Waals surface area (Å²) in [7, 11) is 0. The van der Waals surface area contributed by atoms with Gasteiger partial charge in [-0.2, -0.15) is 0 Å². The van der Waals surface area contributed by atoms with E-state index in [-0.39, 0.29) is 19.1 Å². The van der Waals surface area contributed by atoms with E-state index in [9.17, 15) is 14.7 Å². The average Bonchev–Trinajstić information content (AvgIpc) is 2.82. The standard InChI is InChI=1S/C19H28N2O5/c1-19(2,3)26-18(24)21-10-9-20(11-16(12-21)13-22)17(23)25-14-15-7-5-4-6-8-15/h4-8,16,22H,9-14H2,1-3H3. The number of ether oxygens (including phenoxy) is 2. The summed E-state index contributed by atoms with van der Waals surface area (Å²) in [5.74, 6) is -0.241. The lowest BCUT2D eigenvalue weighted by molar-refractivity contribution is 0.0226. The first kappa shape index (κ1) is 20.0. The molecule has 1 aromatic carbocycles. The van der Waals surface area contributed by atoms with Crippen LogP contribution in [-0.4, -0.2) is 65.5 Å². The van der Waals surface area contributed by atoms with E-state index in [1.54, 1.807) is 20.8 Å². The molecule has 1 N–H and O–H groups in total. The molecule has 7 nitrogen and oxygen atoms in total. The lowest BCUT2D eigenvalue weighted by Crippen LogP contribution is -2.40. The first-order valence-electron chi connectivity index (χ1n) is 8.83. The van der Waals surface area contributed by atoms with Gasteiger partial charge in [-0.1, -0.05) is 30.3 Å². The molecule has 2 amide bonds. The van der Waals surface area contributed by atoms with Gasteiger partial charge in [-0.15, -0.1) is 0 Å². The van der Waals surface area contributed by atoms with Crippen LogP contribution in [0.25, 0.3) is 0 Å². The van der Waals surface area contributed by atoms with Crippen molar-refractivity contribution in [3.05, 3.63) is 35.9 Å². The van der Waals surface area contributed by atoms with Crippen LogP contribution in [0, 0.1) is 5.92 Å². The molecule has 0 aromatic heterocycles. The summed E-state index contributed by atoms with van der Waals surface area (Å²) in [6.45, 7) is 6.84. The van der Waals surface area contributed by atoms with E-state index in [4.69, 9.17) is 9.47 Å². The third kappa shape index (κ3) is 6.22. The number of hydrogen-bond acceptors (Lipinski definition) is 5. The Balaban J connectivity index is 1.94. The molecule has 26 heavy (non-hydrogen) atoms. The Morgan fingerprint density at radius 3 is 2.19 bits per heavy atom. The van der Waals surface area contributed by atoms with E-state index in [1.807, 2.05) is 30.3 Å². The van der Waals surface area contributed by atoms with Crippen molar-refractivity contribution < 1.29 is 24.2 Å². The number of nitrogens with zero attached hydrogens (tertiary/aromatic N) is 2. The highest BCUT2D eigenvalue weighted by molar-refractivity contribution is 5.69. The molecule has 0 saturated carbocycles. The molecule has 1 heterocycles. The number of carbonyl (C=O) groups excluding carboxylic acids is 2. The second-order valence-corrected chi connectivity index (χ2v) is 7.46. The maximum atomic E-state index is 12.4. The number of aliphatic hydroxyl groups is 1. The maximum Gasteiger partial charge on any atom is 0.410 e. The van der Waals surface area contributed by atoms with Crippen LogP contribution in [0.4, 0.5) is 9.59 Å². The molecule has 2 rings (SSSR count). The molecule has 0 bridgehead atoms. The molecule has 0 radical (unpaired) electrons. The third-order valence-corrected chi connectivity index (χ3v) is 3.97. The highest BCUT2D eigenvalue weighted by Gasteiger charge is 2.30. The van der Waals surface area contributed by atoms with E-state index in [2.05, 4.69) is 0 Å². The van der Waals surface area contributed by atoms with Gasteiger partial charge in [0.25, 0.3) is 0 Å². The van der Waals surface area contributed by atoms with Gasteiger partial charge in [0.05, 0.1) is 0 Å². The van der Waals surface area contributed by atoms with Gasteiger partial charge >= 0.3 is 12.2 Å². The minimum atomic E-state index is -0.591. The summed E-state index contributed by atoms with van der Waals surface area (Å²) >= 11 is 0. The van der Waals surface area contributed by atoms with Crippen LogP contribution < -0.4 is 0 Å². The Morgan fingerprint density at radius 2 is 1.65 bits per heavy atom. The zero-order valence-corrected chi connectivity index (χ0v) is 15.7. The van der Waals surface area contributed by atoms with Gasteiger partial charge in [-0.3, -0.25) is 0 Å². The van der Waals surface area contributed by atoms with Crippen LogP contribution >= 0.6 is 0 Å². The van der Waals surface area contributed by atoms with E-state index < -0.39 is 17.8 Å². The normalized spacial score (nSPS) is 18.2. The molecule has 0 aliphatic carbocycles. The minimum absolute atomic E-state index is 0.123. The molecule has 1 unspecified atom stereocenters. The third-order valence-electron chi connectivity index (χ3n) is 3.97. The zero-order chi connectivity index (χ0) is 19.2. The van der Waals surface area contributed by atoms with Crippen LogP contribution in [0.3, 0.4) is 0 Å². The van der Waals surface area contributed by atoms with Gasteiger partial charge in [0, 0.05) is 38.7 Å². The van der Waals surface area contributed by atoms with Gasteiger partial charge in [0.2, 0.25) is 0 Å². The topological polar surface area (TPSA) is 79.3 Å². The van der Waals surface area contributed by atoms with Crippen molar-refractivity contribution in [3.8, 4) is 0 Å². The molecule has 1 aromatic rings. The summed E-state index contributed by atoms with van der Waals surface area (Å²) < 4.78 is 10.8. The van der Waals surface area contributed by atoms with Gasteiger partial charge in [-0.25, -0.2) is 9.59 Å². The lowest BCUT2D eigenvalue weighted by atomic mass is 10.1. The predicted molar refractivity (Wildman–Crippen MR) is 96.6 cm³/mol. The Labute approximate surface area is 154 Å². The number of rotatable bonds is 3. The lowest BCUT2D eigenvalue weighted by Gasteiger charge is -2.27. The van der Waals surface area contributed by atoms with Crippen molar-refractivity contribution in [2.24, 2.45) is 5.92 Å². The van der Waals surface area contributed by atoms with E-state index in [0.29, 0.717) is 26.2 Å². The summed E-state index contributed by atoms with van der Waals surface area (Å²) in [5.41, 5.74) is 0.316. The summed E-state index contributed by atoms with van der Waals surface area (Å²) in [6, 6.07) is 9.44. The van der Waals surface area contributed by atoms with Crippen molar-refractivity contribution in [1.29, 1.82) is 0 Å². The van der Waals surface area contributed by atoms with Crippen LogP contribution in [0.1, 0.15) is 26.3 Å². The Bertz CT molecular complexity index is 600. The number of benzene rings is 1. The van der Waals surface area contributed by atoms with Crippen molar-refractivity contribution in [2.45, 2.75) is 33.0 Å². The maximum absolute atomic E-state index is 12.4. The highest BCUT2D eigenvalue weighted by Crippen LogP contribution is 2.15. The van der Waals surface area contributed by atoms with Crippen LogP contribution in [0.2, 0.25) is 0 Å². The molecule has 1 fully saturated rings. The summed E-state index contributed by atoms with van der Waals surface area (Å²) in [5, 5.41) is 9.60.